The van der Waals surface area contributed by atoms with Gasteiger partial charge in [-0.15, -0.1) is 0 Å². The first-order chi connectivity index (χ1) is 20.3. The Balaban J connectivity index is 0.000000646. The average Bonchev–Trinajstić information content (AvgIpc) is 2.97. The van der Waals surface area contributed by atoms with E-state index in [9.17, 15) is 27.6 Å². The van der Waals surface area contributed by atoms with E-state index >= 15 is 0 Å². The van der Waals surface area contributed by atoms with Crippen LogP contribution in [0.3, 0.4) is 0 Å². The fourth-order valence-electron chi connectivity index (χ4n) is 3.55. The van der Waals surface area contributed by atoms with E-state index < -0.39 is 24.0 Å². The molecule has 43 heavy (non-hydrogen) atoms. The second-order valence-corrected chi connectivity index (χ2v) is 8.72. The summed E-state index contributed by atoms with van der Waals surface area (Å²) in [6, 6.07) is 7.95. The molecule has 0 unspecified atom stereocenters. The SMILES string of the molecule is NCCOc1cc(N2CCOCC2=O)ccc1N(C(=O)c1nccnc1C(N)=O)c1ccc(Cl)cn1.O=C(O)C(F)(F)F. The van der Waals surface area contributed by atoms with Crippen LogP contribution in [-0.4, -0.2) is 82.8 Å². The predicted molar refractivity (Wildman–Crippen MR) is 144 cm³/mol. The van der Waals surface area contributed by atoms with Crippen molar-refractivity contribution in [3.8, 4) is 5.75 Å². The zero-order valence-corrected chi connectivity index (χ0v) is 22.7. The normalized spacial score (nSPS) is 13.0. The van der Waals surface area contributed by atoms with Gasteiger partial charge in [0, 0.05) is 43.4 Å². The van der Waals surface area contributed by atoms with Crippen LogP contribution in [0, 0.1) is 0 Å². The fraction of sp³-hybridized carbons (Fsp3) is 0.240. The summed E-state index contributed by atoms with van der Waals surface area (Å²) < 4.78 is 42.8. The molecular formula is C25H23ClF3N7O7. The number of morpholine rings is 1. The standard InChI is InChI=1S/C23H22ClN7O5.C2HF3O2/c24-14-1-4-18(29-12-14)31(23(34)21-20(22(26)33)27-6-7-28-21)16-3-2-15(11-17(16)36-9-5-25)30-8-10-35-13-19(30)32;3-2(4,5)1(6)7/h1-4,6-7,11-12H,5,8-10,13,25H2,(H2,26,33);(H,6,7). The number of amides is 3. The van der Waals surface area contributed by atoms with Gasteiger partial charge in [-0.3, -0.25) is 19.3 Å². The third kappa shape index (κ3) is 8.34. The number of hydrogen-bond donors (Lipinski definition) is 3. The highest BCUT2D eigenvalue weighted by Crippen LogP contribution is 2.38. The quantitative estimate of drug-likeness (QED) is 0.330. The number of carboxylic acid groups (broad SMARTS) is 1. The van der Waals surface area contributed by atoms with Gasteiger partial charge in [-0.05, 0) is 24.3 Å². The molecule has 1 fully saturated rings. The van der Waals surface area contributed by atoms with E-state index in [4.69, 9.17) is 42.4 Å². The maximum absolute atomic E-state index is 13.8. The fourth-order valence-corrected chi connectivity index (χ4v) is 3.66. The highest BCUT2D eigenvalue weighted by molar-refractivity contribution is 6.30. The number of ether oxygens (including phenoxy) is 2. The molecule has 1 saturated heterocycles. The number of rotatable bonds is 8. The lowest BCUT2D eigenvalue weighted by Gasteiger charge is -2.29. The van der Waals surface area contributed by atoms with E-state index in [1.807, 2.05) is 0 Å². The lowest BCUT2D eigenvalue weighted by atomic mass is 10.1. The highest BCUT2D eigenvalue weighted by atomic mass is 35.5. The zero-order chi connectivity index (χ0) is 31.7. The highest BCUT2D eigenvalue weighted by Gasteiger charge is 2.38. The van der Waals surface area contributed by atoms with Crippen molar-refractivity contribution in [2.45, 2.75) is 6.18 Å². The van der Waals surface area contributed by atoms with Gasteiger partial charge in [0.1, 0.15) is 24.8 Å². The van der Waals surface area contributed by atoms with Crippen LogP contribution in [0.5, 0.6) is 5.75 Å². The van der Waals surface area contributed by atoms with Crippen LogP contribution < -0.4 is 26.0 Å². The number of nitrogens with zero attached hydrogens (tertiary/aromatic N) is 5. The van der Waals surface area contributed by atoms with E-state index in [-0.39, 0.29) is 54.3 Å². The number of aliphatic carboxylic acids is 1. The van der Waals surface area contributed by atoms with Crippen molar-refractivity contribution >= 4 is 52.5 Å². The van der Waals surface area contributed by atoms with E-state index in [1.165, 1.54) is 29.6 Å². The van der Waals surface area contributed by atoms with Gasteiger partial charge in [0.05, 0.1) is 17.3 Å². The average molecular weight is 626 g/mol. The van der Waals surface area contributed by atoms with Crippen LogP contribution in [0.2, 0.25) is 5.02 Å². The van der Waals surface area contributed by atoms with Crippen LogP contribution in [0.1, 0.15) is 21.0 Å². The molecule has 3 heterocycles. The Hall–Kier alpha value is -4.87. The minimum atomic E-state index is -5.08. The second kappa shape index (κ2) is 14.3. The van der Waals surface area contributed by atoms with Crippen molar-refractivity contribution in [3.05, 3.63) is 65.3 Å². The third-order valence-electron chi connectivity index (χ3n) is 5.38. The first-order valence-electron chi connectivity index (χ1n) is 12.1. The smallest absolute Gasteiger partial charge is 0.490 e. The summed E-state index contributed by atoms with van der Waals surface area (Å²) >= 11 is 6.01. The largest absolute Gasteiger partial charge is 0.490 e. The number of carbonyl (C=O) groups excluding carboxylic acids is 3. The van der Waals surface area contributed by atoms with Crippen LogP contribution >= 0.6 is 11.6 Å². The summed E-state index contributed by atoms with van der Waals surface area (Å²) in [5, 5.41) is 7.48. The van der Waals surface area contributed by atoms with E-state index in [0.29, 0.717) is 23.9 Å². The summed E-state index contributed by atoms with van der Waals surface area (Å²) in [5.41, 5.74) is 11.3. The van der Waals surface area contributed by atoms with E-state index in [0.717, 1.165) is 0 Å². The van der Waals surface area contributed by atoms with Gasteiger partial charge < -0.3 is 30.9 Å². The number of nitrogens with two attached hydrogens (primary N) is 2. The molecular weight excluding hydrogens is 603 g/mol. The molecule has 3 amide bonds. The molecule has 1 aliphatic heterocycles. The molecule has 3 aromatic rings. The molecule has 1 aliphatic rings. The molecule has 4 rings (SSSR count). The Morgan fingerprint density at radius 1 is 1.12 bits per heavy atom. The maximum atomic E-state index is 13.8. The molecule has 14 nitrogen and oxygen atoms in total. The number of carboxylic acids is 1. The maximum Gasteiger partial charge on any atom is 0.490 e. The van der Waals surface area contributed by atoms with Gasteiger partial charge in [-0.25, -0.2) is 19.7 Å². The number of primary amides is 1. The molecule has 0 aliphatic carbocycles. The number of alkyl halides is 3. The molecule has 228 valence electrons. The minimum absolute atomic E-state index is 0.0391. The first kappa shape index (κ1) is 32.6. The lowest BCUT2D eigenvalue weighted by Crippen LogP contribution is -2.41. The molecule has 0 atom stereocenters. The summed E-state index contributed by atoms with van der Waals surface area (Å²) in [6.07, 6.45) is -1.19. The van der Waals surface area contributed by atoms with Crippen molar-refractivity contribution in [3.63, 3.8) is 0 Å². The Labute approximate surface area is 246 Å². The summed E-state index contributed by atoms with van der Waals surface area (Å²) in [6.45, 7) is 1.03. The van der Waals surface area contributed by atoms with Gasteiger partial charge in [-0.1, -0.05) is 11.6 Å². The predicted octanol–water partition coefficient (Wildman–Crippen LogP) is 1.94. The summed E-state index contributed by atoms with van der Waals surface area (Å²) in [4.78, 5) is 62.0. The van der Waals surface area contributed by atoms with Gasteiger partial charge in [0.2, 0.25) is 0 Å². The Kier molecular flexibility index (Phi) is 10.9. The van der Waals surface area contributed by atoms with Gasteiger partial charge in [0.15, 0.2) is 11.4 Å². The minimum Gasteiger partial charge on any atom is -0.490 e. The van der Waals surface area contributed by atoms with Crippen LogP contribution in [0.4, 0.5) is 30.4 Å². The number of hydrogen-bond acceptors (Lipinski definition) is 10. The van der Waals surface area contributed by atoms with Crippen molar-refractivity contribution in [1.82, 2.24) is 15.0 Å². The number of carbonyl (C=O) groups is 4. The number of anilines is 3. The number of pyridine rings is 1. The van der Waals surface area contributed by atoms with Crippen molar-refractivity contribution in [2.75, 3.05) is 42.7 Å². The molecule has 18 heteroatoms. The Bertz CT molecular complexity index is 1490. The molecule has 5 N–H and O–H groups in total. The summed E-state index contributed by atoms with van der Waals surface area (Å²) in [7, 11) is 0. The monoisotopic (exact) mass is 625 g/mol. The first-order valence-corrected chi connectivity index (χ1v) is 12.4. The van der Waals surface area contributed by atoms with Gasteiger partial charge >= 0.3 is 12.1 Å². The van der Waals surface area contributed by atoms with Gasteiger partial charge in [0.25, 0.3) is 17.7 Å². The lowest BCUT2D eigenvalue weighted by molar-refractivity contribution is -0.192. The van der Waals surface area contributed by atoms with Crippen molar-refractivity contribution in [1.29, 1.82) is 0 Å². The van der Waals surface area contributed by atoms with Crippen LogP contribution in [0.15, 0.2) is 48.9 Å². The van der Waals surface area contributed by atoms with E-state index in [1.54, 1.807) is 29.2 Å². The van der Waals surface area contributed by atoms with Crippen LogP contribution in [0.25, 0.3) is 0 Å². The van der Waals surface area contributed by atoms with Crippen molar-refractivity contribution < 1.29 is 46.9 Å². The second-order valence-electron chi connectivity index (χ2n) is 8.28. The number of aromatic nitrogens is 3. The molecule has 0 bridgehead atoms. The van der Waals surface area contributed by atoms with E-state index in [2.05, 4.69) is 15.0 Å². The topological polar surface area (TPSA) is 204 Å². The Morgan fingerprint density at radius 2 is 1.79 bits per heavy atom. The summed E-state index contributed by atoms with van der Waals surface area (Å²) in [5.74, 6) is -4.22. The zero-order valence-electron chi connectivity index (χ0n) is 22.0. The molecule has 0 spiro atoms. The van der Waals surface area contributed by atoms with Gasteiger partial charge in [-0.2, -0.15) is 13.2 Å². The van der Waals surface area contributed by atoms with Crippen molar-refractivity contribution in [2.24, 2.45) is 11.5 Å². The number of halogens is 4. The number of benzene rings is 1. The Morgan fingerprint density at radius 3 is 2.35 bits per heavy atom. The molecule has 0 saturated carbocycles. The molecule has 0 radical (unpaired) electrons. The third-order valence-corrected chi connectivity index (χ3v) is 5.60. The van der Waals surface area contributed by atoms with Crippen LogP contribution in [-0.2, 0) is 14.3 Å². The molecule has 2 aromatic heterocycles. The molecule has 1 aromatic carbocycles.